The van der Waals surface area contributed by atoms with Crippen molar-refractivity contribution in [2.45, 2.75) is 13.8 Å². The van der Waals surface area contributed by atoms with Gasteiger partial charge >= 0.3 is 0 Å². The molecular weight excluding hydrogens is 310 g/mol. The van der Waals surface area contributed by atoms with E-state index in [0.29, 0.717) is 5.02 Å². The molecular formula is C18H18ClN3O. The fourth-order valence-corrected chi connectivity index (χ4v) is 2.59. The first kappa shape index (κ1) is 16.9. The van der Waals surface area contributed by atoms with Gasteiger partial charge in [-0.15, -0.1) is 0 Å². The molecule has 0 N–H and O–H groups in total. The van der Waals surface area contributed by atoms with Crippen LogP contribution in [0.1, 0.15) is 17.0 Å². The fraction of sp³-hybridized carbons (Fsp3) is 0.222. The van der Waals surface area contributed by atoms with Crippen molar-refractivity contribution in [1.82, 2.24) is 9.47 Å². The quantitative estimate of drug-likeness (QED) is 0.637. The Morgan fingerprint density at radius 2 is 1.87 bits per heavy atom. The van der Waals surface area contributed by atoms with Crippen molar-refractivity contribution in [2.24, 2.45) is 0 Å². The number of aromatic nitrogens is 1. The van der Waals surface area contributed by atoms with E-state index >= 15 is 0 Å². The molecule has 0 unspecified atom stereocenters. The van der Waals surface area contributed by atoms with Gasteiger partial charge in [-0.3, -0.25) is 4.79 Å². The Morgan fingerprint density at radius 3 is 2.39 bits per heavy atom. The van der Waals surface area contributed by atoms with Crippen molar-refractivity contribution in [2.75, 3.05) is 14.1 Å². The van der Waals surface area contributed by atoms with Gasteiger partial charge in [0, 0.05) is 36.2 Å². The molecule has 0 aliphatic carbocycles. The Hall–Kier alpha value is -2.51. The van der Waals surface area contributed by atoms with Crippen LogP contribution in [0.15, 0.2) is 35.9 Å². The molecule has 0 bridgehead atoms. The number of carbonyl (C=O) groups excluding carboxylic acids is 1. The van der Waals surface area contributed by atoms with Gasteiger partial charge in [0.05, 0.1) is 0 Å². The maximum atomic E-state index is 12.0. The van der Waals surface area contributed by atoms with Crippen LogP contribution in [0.25, 0.3) is 11.8 Å². The summed E-state index contributed by atoms with van der Waals surface area (Å²) in [4.78, 5) is 13.4. The minimum absolute atomic E-state index is 0.117. The summed E-state index contributed by atoms with van der Waals surface area (Å²) in [6, 6.07) is 11.5. The lowest BCUT2D eigenvalue weighted by molar-refractivity contribution is -0.124. The third-order valence-electron chi connectivity index (χ3n) is 3.61. The standard InChI is InChI=1S/C18H18ClN3O/c1-12-9-14(10-15(11-20)18(23)21(3)4)13(2)22(12)17-7-5-16(19)6-8-17/h5-10H,1-4H3/b15-10-. The number of nitrogens with zero attached hydrogens (tertiary/aromatic N) is 3. The average Bonchev–Trinajstić information content (AvgIpc) is 2.79. The van der Waals surface area contributed by atoms with Crippen molar-refractivity contribution in [3.05, 3.63) is 57.9 Å². The first-order valence-electron chi connectivity index (χ1n) is 7.13. The van der Waals surface area contributed by atoms with Crippen LogP contribution in [0.2, 0.25) is 5.02 Å². The highest BCUT2D eigenvalue weighted by atomic mass is 35.5. The second-order valence-electron chi connectivity index (χ2n) is 5.51. The zero-order valence-corrected chi connectivity index (χ0v) is 14.3. The van der Waals surface area contributed by atoms with Gasteiger partial charge in [-0.05, 0) is 55.8 Å². The van der Waals surface area contributed by atoms with E-state index in [9.17, 15) is 10.1 Å². The summed E-state index contributed by atoms with van der Waals surface area (Å²) in [5, 5.41) is 9.91. The van der Waals surface area contributed by atoms with Gasteiger partial charge < -0.3 is 9.47 Å². The second kappa shape index (κ2) is 6.72. The van der Waals surface area contributed by atoms with E-state index in [4.69, 9.17) is 11.6 Å². The average molecular weight is 328 g/mol. The van der Waals surface area contributed by atoms with E-state index < -0.39 is 0 Å². The Balaban J connectivity index is 2.51. The van der Waals surface area contributed by atoms with E-state index in [1.807, 2.05) is 50.2 Å². The van der Waals surface area contributed by atoms with Crippen molar-refractivity contribution in [3.8, 4) is 11.8 Å². The number of carbonyl (C=O) groups is 1. The van der Waals surface area contributed by atoms with Gasteiger partial charge in [-0.1, -0.05) is 11.6 Å². The largest absolute Gasteiger partial charge is 0.344 e. The SMILES string of the molecule is Cc1cc(/C=C(/C#N)C(=O)N(C)C)c(C)n1-c1ccc(Cl)cc1. The van der Waals surface area contributed by atoms with Crippen molar-refractivity contribution in [1.29, 1.82) is 5.26 Å². The van der Waals surface area contributed by atoms with Crippen LogP contribution in [-0.2, 0) is 4.79 Å². The molecule has 2 aromatic rings. The maximum Gasteiger partial charge on any atom is 0.264 e. The minimum Gasteiger partial charge on any atom is -0.344 e. The number of rotatable bonds is 3. The summed E-state index contributed by atoms with van der Waals surface area (Å²) in [5.74, 6) is -0.302. The first-order valence-corrected chi connectivity index (χ1v) is 7.51. The number of nitriles is 1. The zero-order valence-electron chi connectivity index (χ0n) is 13.6. The summed E-state index contributed by atoms with van der Waals surface area (Å²) in [6.45, 7) is 3.95. The molecule has 0 aliphatic rings. The summed E-state index contributed by atoms with van der Waals surface area (Å²) in [7, 11) is 3.26. The van der Waals surface area contributed by atoms with Crippen molar-refractivity contribution in [3.63, 3.8) is 0 Å². The molecule has 5 heteroatoms. The molecule has 1 heterocycles. The smallest absolute Gasteiger partial charge is 0.264 e. The van der Waals surface area contributed by atoms with Crippen LogP contribution in [0.4, 0.5) is 0 Å². The number of hydrogen-bond acceptors (Lipinski definition) is 2. The number of likely N-dealkylation sites (N-methyl/N-ethyl adjacent to an activating group) is 1. The van der Waals surface area contributed by atoms with Crippen molar-refractivity contribution < 1.29 is 4.79 Å². The van der Waals surface area contributed by atoms with Crippen LogP contribution in [0.3, 0.4) is 0 Å². The highest BCUT2D eigenvalue weighted by Crippen LogP contribution is 2.24. The first-order chi connectivity index (χ1) is 10.8. The lowest BCUT2D eigenvalue weighted by Crippen LogP contribution is -2.22. The summed E-state index contributed by atoms with van der Waals surface area (Å²) < 4.78 is 2.07. The predicted octanol–water partition coefficient (Wildman–Crippen LogP) is 3.74. The number of aryl methyl sites for hydroxylation is 1. The Labute approximate surface area is 141 Å². The molecule has 118 valence electrons. The van der Waals surface area contributed by atoms with E-state index in [1.54, 1.807) is 20.2 Å². The lowest BCUT2D eigenvalue weighted by Gasteiger charge is -2.10. The summed E-state index contributed by atoms with van der Waals surface area (Å²) in [5.41, 5.74) is 3.94. The van der Waals surface area contributed by atoms with E-state index in [-0.39, 0.29) is 11.5 Å². The predicted molar refractivity (Wildman–Crippen MR) is 92.5 cm³/mol. The van der Waals surface area contributed by atoms with E-state index in [0.717, 1.165) is 22.6 Å². The van der Waals surface area contributed by atoms with Crippen LogP contribution in [-0.4, -0.2) is 29.5 Å². The third-order valence-corrected chi connectivity index (χ3v) is 3.86. The van der Waals surface area contributed by atoms with Crippen LogP contribution in [0.5, 0.6) is 0 Å². The molecule has 0 fully saturated rings. The lowest BCUT2D eigenvalue weighted by atomic mass is 10.1. The van der Waals surface area contributed by atoms with Crippen molar-refractivity contribution >= 4 is 23.6 Å². The van der Waals surface area contributed by atoms with E-state index in [1.165, 1.54) is 4.90 Å². The van der Waals surface area contributed by atoms with Crippen LogP contribution >= 0.6 is 11.6 Å². The summed E-state index contributed by atoms with van der Waals surface area (Å²) >= 11 is 5.94. The van der Waals surface area contributed by atoms with Gasteiger partial charge in [0.1, 0.15) is 11.6 Å². The van der Waals surface area contributed by atoms with Gasteiger partial charge in [0.2, 0.25) is 0 Å². The highest BCUT2D eigenvalue weighted by molar-refractivity contribution is 6.30. The monoisotopic (exact) mass is 327 g/mol. The molecule has 4 nitrogen and oxygen atoms in total. The fourth-order valence-electron chi connectivity index (χ4n) is 2.46. The molecule has 0 saturated carbocycles. The topological polar surface area (TPSA) is 49.0 Å². The Bertz CT molecular complexity index is 808. The molecule has 1 amide bonds. The highest BCUT2D eigenvalue weighted by Gasteiger charge is 2.14. The van der Waals surface area contributed by atoms with Gasteiger partial charge in [0.25, 0.3) is 5.91 Å². The number of hydrogen-bond donors (Lipinski definition) is 0. The molecule has 23 heavy (non-hydrogen) atoms. The molecule has 2 rings (SSSR count). The molecule has 0 aliphatic heterocycles. The maximum absolute atomic E-state index is 12.0. The van der Waals surface area contributed by atoms with E-state index in [2.05, 4.69) is 4.57 Å². The Kier molecular flexibility index (Phi) is 4.92. The number of amides is 1. The van der Waals surface area contributed by atoms with Gasteiger partial charge in [-0.2, -0.15) is 5.26 Å². The Morgan fingerprint density at radius 1 is 1.26 bits per heavy atom. The molecule has 0 saturated heterocycles. The van der Waals surface area contributed by atoms with Gasteiger partial charge in [0.15, 0.2) is 0 Å². The molecule has 0 spiro atoms. The molecule has 0 radical (unpaired) electrons. The van der Waals surface area contributed by atoms with Crippen LogP contribution in [0, 0.1) is 25.2 Å². The molecule has 1 aromatic heterocycles. The molecule has 1 aromatic carbocycles. The zero-order chi connectivity index (χ0) is 17.1. The number of halogens is 1. The third kappa shape index (κ3) is 3.46. The second-order valence-corrected chi connectivity index (χ2v) is 5.94. The minimum atomic E-state index is -0.302. The molecule has 0 atom stereocenters. The number of benzene rings is 1. The normalized spacial score (nSPS) is 11.2. The van der Waals surface area contributed by atoms with Crippen LogP contribution < -0.4 is 0 Å². The van der Waals surface area contributed by atoms with Gasteiger partial charge in [-0.25, -0.2) is 0 Å². The summed E-state index contributed by atoms with van der Waals surface area (Å²) in [6.07, 6.45) is 1.64.